The molecule has 0 amide bonds. The van der Waals surface area contributed by atoms with Gasteiger partial charge >= 0.3 is 0 Å². The lowest BCUT2D eigenvalue weighted by atomic mass is 10.2. The van der Waals surface area contributed by atoms with E-state index in [0.29, 0.717) is 6.04 Å². The van der Waals surface area contributed by atoms with Crippen LogP contribution in [0, 0.1) is 12.8 Å². The molecule has 1 rings (SSSR count). The highest BCUT2D eigenvalue weighted by Gasteiger charge is 2.07. The fourth-order valence-electron chi connectivity index (χ4n) is 1.45. The monoisotopic (exact) mass is 241 g/mol. The van der Waals surface area contributed by atoms with Gasteiger partial charge in [-0.1, -0.05) is 13.8 Å². The maximum atomic E-state index is 5.57. The first-order chi connectivity index (χ1) is 7.59. The van der Waals surface area contributed by atoms with Crippen molar-refractivity contribution in [1.82, 2.24) is 5.32 Å². The van der Waals surface area contributed by atoms with E-state index < -0.39 is 0 Å². The molecule has 1 heterocycles. The number of nitrogens with one attached hydrogen (secondary N) is 1. The Bertz CT molecular complexity index is 296. The van der Waals surface area contributed by atoms with Crippen molar-refractivity contribution in [2.75, 3.05) is 18.1 Å². The fraction of sp³-hybridized carbons (Fsp3) is 0.692. The van der Waals surface area contributed by atoms with E-state index in [0.717, 1.165) is 24.0 Å². The Balaban J connectivity index is 2.13. The minimum absolute atomic E-state index is 0.313. The maximum absolute atomic E-state index is 5.57. The van der Waals surface area contributed by atoms with Crippen LogP contribution in [-0.2, 0) is 0 Å². The van der Waals surface area contributed by atoms with Gasteiger partial charge in [0.05, 0.1) is 6.04 Å². The Morgan fingerprint density at radius 1 is 1.31 bits per heavy atom. The molecule has 0 spiro atoms. The molecule has 0 aromatic carbocycles. The van der Waals surface area contributed by atoms with Crippen LogP contribution in [0.4, 0.5) is 0 Å². The molecule has 2 nitrogen and oxygen atoms in total. The van der Waals surface area contributed by atoms with Gasteiger partial charge < -0.3 is 9.73 Å². The van der Waals surface area contributed by atoms with Crippen LogP contribution < -0.4 is 5.32 Å². The van der Waals surface area contributed by atoms with Crippen LogP contribution in [0.2, 0.25) is 0 Å². The first-order valence-electron chi connectivity index (χ1n) is 5.97. The number of rotatable bonds is 7. The highest BCUT2D eigenvalue weighted by molar-refractivity contribution is 7.99. The summed E-state index contributed by atoms with van der Waals surface area (Å²) in [6.45, 7) is 9.68. The van der Waals surface area contributed by atoms with E-state index in [2.05, 4.69) is 26.1 Å². The highest BCUT2D eigenvalue weighted by atomic mass is 32.2. The van der Waals surface area contributed by atoms with E-state index in [1.54, 1.807) is 0 Å². The van der Waals surface area contributed by atoms with Crippen LogP contribution in [0.1, 0.15) is 38.3 Å². The van der Waals surface area contributed by atoms with E-state index in [9.17, 15) is 0 Å². The van der Waals surface area contributed by atoms with Crippen molar-refractivity contribution in [3.8, 4) is 0 Å². The summed E-state index contributed by atoms with van der Waals surface area (Å²) in [6, 6.07) is 4.38. The van der Waals surface area contributed by atoms with Crippen molar-refractivity contribution in [3.63, 3.8) is 0 Å². The van der Waals surface area contributed by atoms with E-state index in [1.807, 2.05) is 30.8 Å². The highest BCUT2D eigenvalue weighted by Crippen LogP contribution is 2.15. The Labute approximate surface area is 103 Å². The second-order valence-electron chi connectivity index (χ2n) is 4.59. The first kappa shape index (κ1) is 13.7. The fourth-order valence-corrected chi connectivity index (χ4v) is 2.35. The molecular weight excluding hydrogens is 218 g/mol. The van der Waals surface area contributed by atoms with Crippen molar-refractivity contribution >= 4 is 11.8 Å². The molecule has 1 aromatic rings. The molecule has 0 radical (unpaired) electrons. The van der Waals surface area contributed by atoms with Crippen LogP contribution in [0.5, 0.6) is 0 Å². The van der Waals surface area contributed by atoms with Crippen molar-refractivity contribution in [1.29, 1.82) is 0 Å². The zero-order valence-corrected chi connectivity index (χ0v) is 11.6. The van der Waals surface area contributed by atoms with Gasteiger partial charge in [0.2, 0.25) is 0 Å². The molecule has 0 saturated heterocycles. The number of thioether (sulfide) groups is 1. The molecular formula is C13H23NOS. The average Bonchev–Trinajstić information content (AvgIpc) is 2.63. The second-order valence-corrected chi connectivity index (χ2v) is 5.74. The number of furan rings is 1. The smallest absolute Gasteiger partial charge is 0.120 e. The topological polar surface area (TPSA) is 25.2 Å². The van der Waals surface area contributed by atoms with Crippen LogP contribution in [0.3, 0.4) is 0 Å². The molecule has 0 bridgehead atoms. The van der Waals surface area contributed by atoms with Crippen LogP contribution in [0.15, 0.2) is 16.5 Å². The maximum Gasteiger partial charge on any atom is 0.120 e. The quantitative estimate of drug-likeness (QED) is 0.738. The predicted molar refractivity (Wildman–Crippen MR) is 72.0 cm³/mol. The number of hydrogen-bond donors (Lipinski definition) is 1. The number of aryl methyl sites for hydroxylation is 1. The van der Waals surface area contributed by atoms with Crippen LogP contribution in [-0.4, -0.2) is 18.1 Å². The molecule has 16 heavy (non-hydrogen) atoms. The van der Waals surface area contributed by atoms with Gasteiger partial charge in [-0.3, -0.25) is 0 Å². The summed E-state index contributed by atoms with van der Waals surface area (Å²) < 4.78 is 5.57. The summed E-state index contributed by atoms with van der Waals surface area (Å²) in [5, 5.41) is 3.47. The zero-order valence-electron chi connectivity index (χ0n) is 10.7. The second kappa shape index (κ2) is 7.02. The Kier molecular flexibility index (Phi) is 5.99. The standard InChI is InChI=1S/C13H23NOS/c1-10(2)9-16-8-7-14-12(4)13-6-5-11(3)15-13/h5-6,10,12,14H,7-9H2,1-4H3. The lowest BCUT2D eigenvalue weighted by molar-refractivity contribution is 0.422. The zero-order chi connectivity index (χ0) is 12.0. The van der Waals surface area contributed by atoms with E-state index in [4.69, 9.17) is 4.42 Å². The Hall–Kier alpha value is -0.410. The summed E-state index contributed by atoms with van der Waals surface area (Å²) in [4.78, 5) is 0. The van der Waals surface area contributed by atoms with Crippen molar-refractivity contribution in [3.05, 3.63) is 23.7 Å². The minimum Gasteiger partial charge on any atom is -0.465 e. The molecule has 3 heteroatoms. The molecule has 0 saturated carbocycles. The molecule has 1 unspecified atom stereocenters. The average molecular weight is 241 g/mol. The molecule has 0 fully saturated rings. The minimum atomic E-state index is 0.313. The molecule has 92 valence electrons. The van der Waals surface area contributed by atoms with Crippen LogP contribution >= 0.6 is 11.8 Å². The third-order valence-electron chi connectivity index (χ3n) is 2.34. The summed E-state index contributed by atoms with van der Waals surface area (Å²) in [7, 11) is 0. The third-order valence-corrected chi connectivity index (χ3v) is 3.73. The summed E-state index contributed by atoms with van der Waals surface area (Å²) >= 11 is 2.01. The van der Waals surface area contributed by atoms with Crippen LogP contribution in [0.25, 0.3) is 0 Å². The van der Waals surface area contributed by atoms with Gasteiger partial charge in [0.15, 0.2) is 0 Å². The summed E-state index contributed by atoms with van der Waals surface area (Å²) in [5.74, 6) is 5.22. The van der Waals surface area contributed by atoms with Gasteiger partial charge in [-0.15, -0.1) is 0 Å². The van der Waals surface area contributed by atoms with E-state index in [1.165, 1.54) is 11.5 Å². The van der Waals surface area contributed by atoms with Crippen molar-refractivity contribution < 1.29 is 4.42 Å². The molecule has 1 N–H and O–H groups in total. The van der Waals surface area contributed by atoms with Gasteiger partial charge in [-0.2, -0.15) is 11.8 Å². The molecule has 1 atom stereocenters. The van der Waals surface area contributed by atoms with Crippen molar-refractivity contribution in [2.24, 2.45) is 5.92 Å². The Morgan fingerprint density at radius 3 is 2.62 bits per heavy atom. The lowest BCUT2D eigenvalue weighted by Crippen LogP contribution is -2.21. The Morgan fingerprint density at radius 2 is 2.06 bits per heavy atom. The summed E-state index contributed by atoms with van der Waals surface area (Å²) in [5.41, 5.74) is 0. The van der Waals surface area contributed by atoms with Gasteiger partial charge in [-0.25, -0.2) is 0 Å². The van der Waals surface area contributed by atoms with E-state index >= 15 is 0 Å². The van der Waals surface area contributed by atoms with Gasteiger partial charge in [0.25, 0.3) is 0 Å². The molecule has 0 aliphatic carbocycles. The normalized spacial score (nSPS) is 13.3. The molecule has 0 aliphatic rings. The first-order valence-corrected chi connectivity index (χ1v) is 7.12. The molecule has 0 aliphatic heterocycles. The summed E-state index contributed by atoms with van der Waals surface area (Å²) in [6.07, 6.45) is 0. The molecule has 1 aromatic heterocycles. The largest absolute Gasteiger partial charge is 0.465 e. The van der Waals surface area contributed by atoms with Gasteiger partial charge in [0, 0.05) is 12.3 Å². The predicted octanol–water partition coefficient (Wildman–Crippen LogP) is 3.63. The van der Waals surface area contributed by atoms with Gasteiger partial charge in [0.1, 0.15) is 11.5 Å². The van der Waals surface area contributed by atoms with Gasteiger partial charge in [-0.05, 0) is 37.7 Å². The SMILES string of the molecule is Cc1ccc(C(C)NCCSCC(C)C)o1. The van der Waals surface area contributed by atoms with Crippen molar-refractivity contribution in [2.45, 2.75) is 33.7 Å². The number of hydrogen-bond acceptors (Lipinski definition) is 3. The lowest BCUT2D eigenvalue weighted by Gasteiger charge is -2.11. The third kappa shape index (κ3) is 5.08. The van der Waals surface area contributed by atoms with E-state index in [-0.39, 0.29) is 0 Å².